The Labute approximate surface area is 140 Å². The number of carbonyl (C=O) groups is 3. The van der Waals surface area contributed by atoms with E-state index in [4.69, 9.17) is 5.73 Å². The highest BCUT2D eigenvalue weighted by Crippen LogP contribution is 2.18. The number of ketones is 1. The van der Waals surface area contributed by atoms with Crippen molar-refractivity contribution < 1.29 is 14.4 Å². The van der Waals surface area contributed by atoms with Crippen molar-refractivity contribution in [3.63, 3.8) is 0 Å². The lowest BCUT2D eigenvalue weighted by atomic mass is 10.1. The summed E-state index contributed by atoms with van der Waals surface area (Å²) in [5.74, 6) is -0.923. The van der Waals surface area contributed by atoms with E-state index in [0.717, 1.165) is 5.56 Å². The van der Waals surface area contributed by atoms with Crippen molar-refractivity contribution >= 4 is 29.0 Å². The lowest BCUT2D eigenvalue weighted by molar-refractivity contribution is -0.114. The number of amides is 2. The van der Waals surface area contributed by atoms with Crippen LogP contribution < -0.4 is 16.4 Å². The summed E-state index contributed by atoms with van der Waals surface area (Å²) in [5, 5.41) is 5.61. The number of hydrogen-bond acceptors (Lipinski definition) is 4. The molecule has 24 heavy (non-hydrogen) atoms. The Kier molecular flexibility index (Phi) is 5.31. The lowest BCUT2D eigenvalue weighted by Crippen LogP contribution is -2.24. The monoisotopic (exact) mass is 325 g/mol. The number of hydrogen-bond donors (Lipinski definition) is 3. The third kappa shape index (κ3) is 4.19. The fraction of sp³-hybridized carbons (Fsp3) is 0.167. The Morgan fingerprint density at radius 2 is 1.79 bits per heavy atom. The quantitative estimate of drug-likeness (QED) is 0.710. The van der Waals surface area contributed by atoms with E-state index in [0.29, 0.717) is 22.5 Å². The van der Waals surface area contributed by atoms with E-state index in [1.165, 1.54) is 6.92 Å². The number of rotatable bonds is 6. The zero-order valence-electron chi connectivity index (χ0n) is 13.6. The van der Waals surface area contributed by atoms with Crippen LogP contribution in [-0.2, 0) is 4.79 Å². The van der Waals surface area contributed by atoms with Crippen molar-refractivity contribution in [1.82, 2.24) is 0 Å². The zero-order valence-corrected chi connectivity index (χ0v) is 13.6. The van der Waals surface area contributed by atoms with Gasteiger partial charge in [-0.15, -0.1) is 0 Å². The van der Waals surface area contributed by atoms with E-state index in [-0.39, 0.29) is 18.2 Å². The molecule has 2 aromatic carbocycles. The van der Waals surface area contributed by atoms with Crippen molar-refractivity contribution in [1.29, 1.82) is 0 Å². The molecular weight excluding hydrogens is 306 g/mol. The van der Waals surface area contributed by atoms with Crippen molar-refractivity contribution in [3.8, 4) is 0 Å². The SMILES string of the molecule is CC(=O)c1cccc(NC(=O)CNc2cccc(C)c2C(N)=O)c1. The molecule has 0 aromatic heterocycles. The molecule has 0 saturated heterocycles. The number of Topliss-reactive ketones (excluding diaryl/α,β-unsaturated/α-hetero) is 1. The second-order valence-electron chi connectivity index (χ2n) is 5.40. The molecule has 2 aromatic rings. The van der Waals surface area contributed by atoms with Gasteiger partial charge in [-0.25, -0.2) is 0 Å². The van der Waals surface area contributed by atoms with Gasteiger partial charge in [-0.1, -0.05) is 24.3 Å². The van der Waals surface area contributed by atoms with Gasteiger partial charge in [0.1, 0.15) is 0 Å². The Morgan fingerprint density at radius 1 is 1.08 bits per heavy atom. The molecule has 0 atom stereocenters. The van der Waals surface area contributed by atoms with Crippen LogP contribution in [0, 0.1) is 6.92 Å². The van der Waals surface area contributed by atoms with Gasteiger partial charge >= 0.3 is 0 Å². The fourth-order valence-electron chi connectivity index (χ4n) is 2.34. The molecule has 2 rings (SSSR count). The number of primary amides is 1. The molecule has 0 unspecified atom stereocenters. The van der Waals surface area contributed by atoms with E-state index in [2.05, 4.69) is 10.6 Å². The summed E-state index contributed by atoms with van der Waals surface area (Å²) in [7, 11) is 0. The maximum atomic E-state index is 12.1. The van der Waals surface area contributed by atoms with Crippen LogP contribution in [-0.4, -0.2) is 24.1 Å². The van der Waals surface area contributed by atoms with Crippen LogP contribution in [0.4, 0.5) is 11.4 Å². The average molecular weight is 325 g/mol. The minimum absolute atomic E-state index is 0.0337. The Bertz CT molecular complexity index is 800. The molecule has 0 aliphatic heterocycles. The molecule has 0 bridgehead atoms. The van der Waals surface area contributed by atoms with Crippen molar-refractivity contribution in [3.05, 3.63) is 59.2 Å². The van der Waals surface area contributed by atoms with Crippen LogP contribution >= 0.6 is 0 Å². The summed E-state index contributed by atoms with van der Waals surface area (Å²) in [5.41, 5.74) is 8.05. The fourth-order valence-corrected chi connectivity index (χ4v) is 2.34. The molecule has 0 aliphatic rings. The first kappa shape index (κ1) is 17.2. The van der Waals surface area contributed by atoms with Crippen LogP contribution in [0.25, 0.3) is 0 Å². The zero-order chi connectivity index (χ0) is 17.7. The molecule has 0 fully saturated rings. The molecule has 0 spiro atoms. The van der Waals surface area contributed by atoms with Crippen LogP contribution in [0.1, 0.15) is 33.2 Å². The normalized spacial score (nSPS) is 10.1. The van der Waals surface area contributed by atoms with E-state index < -0.39 is 5.91 Å². The number of carbonyl (C=O) groups excluding carboxylic acids is 3. The second kappa shape index (κ2) is 7.41. The largest absolute Gasteiger partial charge is 0.375 e. The first-order chi connectivity index (χ1) is 11.4. The molecule has 0 heterocycles. The van der Waals surface area contributed by atoms with E-state index >= 15 is 0 Å². The standard InChI is InChI=1S/C18H19N3O3/c1-11-5-3-8-15(17(11)18(19)24)20-10-16(23)21-14-7-4-6-13(9-14)12(2)22/h3-9,20H,10H2,1-2H3,(H2,19,24)(H,21,23). The van der Waals surface area contributed by atoms with Gasteiger partial charge in [0.2, 0.25) is 5.91 Å². The van der Waals surface area contributed by atoms with Crippen LogP contribution in [0.3, 0.4) is 0 Å². The molecule has 0 aliphatic carbocycles. The van der Waals surface area contributed by atoms with Crippen molar-refractivity contribution in [2.75, 3.05) is 17.2 Å². The number of benzene rings is 2. The van der Waals surface area contributed by atoms with Crippen LogP contribution in [0.15, 0.2) is 42.5 Å². The molecule has 0 saturated carbocycles. The van der Waals surface area contributed by atoms with Gasteiger partial charge in [0.05, 0.1) is 12.1 Å². The molecule has 4 N–H and O–H groups in total. The van der Waals surface area contributed by atoms with Gasteiger partial charge in [-0.3, -0.25) is 14.4 Å². The highest BCUT2D eigenvalue weighted by molar-refractivity contribution is 6.01. The van der Waals surface area contributed by atoms with Crippen molar-refractivity contribution in [2.45, 2.75) is 13.8 Å². The van der Waals surface area contributed by atoms with Gasteiger partial charge in [0, 0.05) is 16.9 Å². The van der Waals surface area contributed by atoms with Gasteiger partial charge in [-0.2, -0.15) is 0 Å². The van der Waals surface area contributed by atoms with Gasteiger partial charge in [0.15, 0.2) is 5.78 Å². The van der Waals surface area contributed by atoms with Crippen LogP contribution in [0.2, 0.25) is 0 Å². The predicted octanol–water partition coefficient (Wildman–Crippen LogP) is 2.35. The number of nitrogens with two attached hydrogens (primary N) is 1. The molecule has 124 valence electrons. The third-order valence-corrected chi connectivity index (χ3v) is 3.51. The van der Waals surface area contributed by atoms with Gasteiger partial charge < -0.3 is 16.4 Å². The topological polar surface area (TPSA) is 101 Å². The highest BCUT2D eigenvalue weighted by Gasteiger charge is 2.12. The summed E-state index contributed by atoms with van der Waals surface area (Å²) in [6.07, 6.45) is 0. The third-order valence-electron chi connectivity index (χ3n) is 3.51. The summed E-state index contributed by atoms with van der Waals surface area (Å²) in [4.78, 5) is 34.9. The summed E-state index contributed by atoms with van der Waals surface area (Å²) in [6.45, 7) is 3.21. The van der Waals surface area contributed by atoms with Crippen LogP contribution in [0.5, 0.6) is 0 Å². The maximum Gasteiger partial charge on any atom is 0.251 e. The maximum absolute atomic E-state index is 12.1. The molecular formula is C18H19N3O3. The molecule has 2 amide bonds. The van der Waals surface area contributed by atoms with E-state index in [1.807, 2.05) is 0 Å². The van der Waals surface area contributed by atoms with Gasteiger partial charge in [0.25, 0.3) is 5.91 Å². The minimum atomic E-state index is -0.551. The molecule has 6 heteroatoms. The molecule has 0 radical (unpaired) electrons. The lowest BCUT2D eigenvalue weighted by Gasteiger charge is -2.12. The predicted molar refractivity (Wildman–Crippen MR) is 93.3 cm³/mol. The molecule has 6 nitrogen and oxygen atoms in total. The summed E-state index contributed by atoms with van der Waals surface area (Å²) >= 11 is 0. The van der Waals surface area contributed by atoms with Crippen molar-refractivity contribution in [2.24, 2.45) is 5.73 Å². The second-order valence-corrected chi connectivity index (χ2v) is 5.40. The van der Waals surface area contributed by atoms with E-state index in [1.54, 1.807) is 49.4 Å². The highest BCUT2D eigenvalue weighted by atomic mass is 16.2. The van der Waals surface area contributed by atoms with E-state index in [9.17, 15) is 14.4 Å². The minimum Gasteiger partial charge on any atom is -0.375 e. The Hall–Kier alpha value is -3.15. The first-order valence-corrected chi connectivity index (χ1v) is 7.42. The average Bonchev–Trinajstić information content (AvgIpc) is 2.52. The first-order valence-electron chi connectivity index (χ1n) is 7.42. The Balaban J connectivity index is 2.04. The number of aryl methyl sites for hydroxylation is 1. The summed E-state index contributed by atoms with van der Waals surface area (Å²) in [6, 6.07) is 11.9. The number of nitrogens with one attached hydrogen (secondary N) is 2. The van der Waals surface area contributed by atoms with Gasteiger partial charge in [-0.05, 0) is 37.6 Å². The smallest absolute Gasteiger partial charge is 0.251 e. The number of anilines is 2. The Morgan fingerprint density at radius 3 is 2.46 bits per heavy atom. The summed E-state index contributed by atoms with van der Waals surface area (Å²) < 4.78 is 0.